The molecule has 0 rings (SSSR count). The van der Waals surface area contributed by atoms with Gasteiger partial charge in [0.1, 0.15) is 0 Å². The van der Waals surface area contributed by atoms with Gasteiger partial charge < -0.3 is 19.8 Å². The fourth-order valence-corrected chi connectivity index (χ4v) is 1.95. The molecular weight excluding hydrogens is 278 g/mol. The third kappa shape index (κ3) is 7.85. The Balaban J connectivity index is -0.000000605. The minimum absolute atomic E-state index is 0. The fraction of sp³-hybridized carbons (Fsp3) is 0.333. The number of thioether (sulfide) groups is 2. The van der Waals surface area contributed by atoms with E-state index in [2.05, 4.69) is 0 Å². The van der Waals surface area contributed by atoms with Crippen LogP contribution in [0.5, 0.6) is 0 Å². The summed E-state index contributed by atoms with van der Waals surface area (Å²) in [5, 5.41) is 20.6. The molecule has 0 saturated heterocycles. The first-order chi connectivity index (χ1) is 5.54. The molecule has 0 heterocycles. The van der Waals surface area contributed by atoms with Crippen molar-refractivity contribution in [1.82, 2.24) is 0 Å². The van der Waals surface area contributed by atoms with Crippen molar-refractivity contribution in [2.24, 2.45) is 0 Å². The first-order valence-corrected chi connectivity index (χ1v) is 5.24. The molecule has 0 aromatic heterocycles. The average molecular weight is 284 g/mol. The van der Waals surface area contributed by atoms with Gasteiger partial charge in [-0.1, -0.05) is 0 Å². The normalized spacial score (nSPS) is 7.86. The molecule has 4 nitrogen and oxygen atoms in total. The molecule has 68 valence electrons. The van der Waals surface area contributed by atoms with Gasteiger partial charge in [0.15, 0.2) is 0 Å². The number of rotatable bonds is 4. The summed E-state index contributed by atoms with van der Waals surface area (Å²) in [6.07, 6.45) is 3.16. The van der Waals surface area contributed by atoms with Gasteiger partial charge in [-0.15, -0.1) is 23.5 Å². The molecule has 0 aromatic rings. The first-order valence-electron chi connectivity index (χ1n) is 2.79. The maximum absolute atomic E-state index is 10.3. The van der Waals surface area contributed by atoms with Gasteiger partial charge in [-0.05, 0) is 12.5 Å². The summed E-state index contributed by atoms with van der Waals surface area (Å²) in [5.41, 5.74) is -0.782. The van der Waals surface area contributed by atoms with E-state index in [-0.39, 0.29) is 107 Å². The maximum atomic E-state index is 10.3. The van der Waals surface area contributed by atoms with Crippen LogP contribution in [0, 0.1) is 0 Å². The van der Waals surface area contributed by atoms with Gasteiger partial charge in [-0.3, -0.25) is 0 Å². The van der Waals surface area contributed by atoms with Crippen molar-refractivity contribution in [3.05, 3.63) is 9.81 Å². The molecule has 0 spiro atoms. The van der Waals surface area contributed by atoms with E-state index in [1.54, 1.807) is 12.5 Å². The molecule has 0 saturated carbocycles. The van der Waals surface area contributed by atoms with Gasteiger partial charge in [0, 0.05) is 5.57 Å². The van der Waals surface area contributed by atoms with Crippen LogP contribution in [0.4, 0.5) is 0 Å². The number of hydrogen-bond donors (Lipinski definition) is 0. The maximum Gasteiger partial charge on any atom is 1.00 e. The summed E-state index contributed by atoms with van der Waals surface area (Å²) in [6.45, 7) is 0. The zero-order chi connectivity index (χ0) is 9.72. The molecule has 0 N–H and O–H groups in total. The largest absolute Gasteiger partial charge is 1.00 e. The molecule has 8 heteroatoms. The number of aliphatic carboxylic acids is 2. The molecule has 0 atom stereocenters. The zero-order valence-electron chi connectivity index (χ0n) is 8.45. The number of hydrogen-bond acceptors (Lipinski definition) is 6. The zero-order valence-corrected chi connectivity index (χ0v) is 16.3. The van der Waals surface area contributed by atoms with Gasteiger partial charge in [-0.25, -0.2) is 0 Å². The quantitative estimate of drug-likeness (QED) is 0.221. The molecular formula is C6H6K2O4S2. The third-order valence-corrected chi connectivity index (χ3v) is 3.13. The van der Waals surface area contributed by atoms with Crippen LogP contribution in [0.1, 0.15) is 0 Å². The third-order valence-electron chi connectivity index (χ3n) is 0.983. The molecule has 0 unspecified atom stereocenters. The van der Waals surface area contributed by atoms with E-state index in [1.807, 2.05) is 0 Å². The summed E-state index contributed by atoms with van der Waals surface area (Å²) in [4.78, 5) is 20.6. The Morgan fingerprint density at radius 3 is 1.29 bits per heavy atom. The first kappa shape index (κ1) is 21.9. The van der Waals surface area contributed by atoms with E-state index in [0.29, 0.717) is 0 Å². The summed E-state index contributed by atoms with van der Waals surface area (Å²) >= 11 is 2.07. The van der Waals surface area contributed by atoms with Crippen LogP contribution in [0.2, 0.25) is 0 Å². The SMILES string of the molecule is CSC(SC)=C(C(=O)[O-])C(=O)[O-].[K+].[K+]. The van der Waals surface area contributed by atoms with Crippen LogP contribution < -0.4 is 113 Å². The summed E-state index contributed by atoms with van der Waals surface area (Å²) in [6, 6.07) is 0. The molecule has 0 bridgehead atoms. The molecule has 0 aliphatic heterocycles. The summed E-state index contributed by atoms with van der Waals surface area (Å²) in [5.74, 6) is -3.43. The van der Waals surface area contributed by atoms with Gasteiger partial charge in [-0.2, -0.15) is 0 Å². The second-order valence-electron chi connectivity index (χ2n) is 1.65. The predicted molar refractivity (Wildman–Crippen MR) is 44.1 cm³/mol. The van der Waals surface area contributed by atoms with Crippen LogP contribution in [0.25, 0.3) is 0 Å². The number of carbonyl (C=O) groups is 2. The van der Waals surface area contributed by atoms with Crippen molar-refractivity contribution in [3.63, 3.8) is 0 Å². The van der Waals surface area contributed by atoms with Gasteiger partial charge in [0.25, 0.3) is 0 Å². The van der Waals surface area contributed by atoms with Crippen molar-refractivity contribution in [3.8, 4) is 0 Å². The fourth-order valence-electron chi connectivity index (χ4n) is 0.537. The molecule has 0 radical (unpaired) electrons. The monoisotopic (exact) mass is 284 g/mol. The predicted octanol–water partition coefficient (Wildman–Crippen LogP) is -7.57. The number of carboxylic acids is 2. The molecule has 0 aliphatic carbocycles. The van der Waals surface area contributed by atoms with Crippen molar-refractivity contribution in [2.75, 3.05) is 12.5 Å². The average Bonchev–Trinajstić information content (AvgIpc) is 1.98. The van der Waals surface area contributed by atoms with E-state index >= 15 is 0 Å². The van der Waals surface area contributed by atoms with Gasteiger partial charge in [0.05, 0.1) is 16.2 Å². The Morgan fingerprint density at radius 1 is 0.929 bits per heavy atom. The Morgan fingerprint density at radius 2 is 1.21 bits per heavy atom. The van der Waals surface area contributed by atoms with Crippen LogP contribution in [0.3, 0.4) is 0 Å². The van der Waals surface area contributed by atoms with Crippen molar-refractivity contribution in [1.29, 1.82) is 0 Å². The summed E-state index contributed by atoms with van der Waals surface area (Å²) in [7, 11) is 0. The smallest absolute Gasteiger partial charge is 0.545 e. The van der Waals surface area contributed by atoms with Crippen molar-refractivity contribution >= 4 is 35.5 Å². The summed E-state index contributed by atoms with van der Waals surface area (Å²) < 4.78 is 0.176. The van der Waals surface area contributed by atoms with E-state index < -0.39 is 17.5 Å². The topological polar surface area (TPSA) is 80.3 Å². The molecule has 14 heavy (non-hydrogen) atoms. The van der Waals surface area contributed by atoms with Crippen LogP contribution in [0.15, 0.2) is 9.81 Å². The minimum atomic E-state index is -1.71. The standard InChI is InChI=1S/C6H8O4S2.2K/c1-11-6(12-2)3(4(7)8)5(9)10;;/h1-2H3,(H,7,8)(H,9,10);;/q;2*+1/p-2. The van der Waals surface area contributed by atoms with E-state index in [9.17, 15) is 19.8 Å². The molecule has 0 aromatic carbocycles. The van der Waals surface area contributed by atoms with Crippen molar-refractivity contribution < 1.29 is 123 Å². The van der Waals surface area contributed by atoms with Crippen molar-refractivity contribution in [2.45, 2.75) is 0 Å². The molecule has 0 fully saturated rings. The van der Waals surface area contributed by atoms with Crippen LogP contribution >= 0.6 is 23.5 Å². The Bertz CT molecular complexity index is 220. The minimum Gasteiger partial charge on any atom is -0.545 e. The second kappa shape index (κ2) is 12.1. The van der Waals surface area contributed by atoms with E-state index in [0.717, 1.165) is 23.5 Å². The Labute approximate surface area is 176 Å². The molecule has 0 aliphatic rings. The van der Waals surface area contributed by atoms with Gasteiger partial charge >= 0.3 is 103 Å². The number of carboxylic acid groups (broad SMARTS) is 2. The van der Waals surface area contributed by atoms with Crippen LogP contribution in [-0.2, 0) is 9.59 Å². The number of carbonyl (C=O) groups excluding carboxylic acids is 2. The van der Waals surface area contributed by atoms with E-state index in [1.165, 1.54) is 0 Å². The van der Waals surface area contributed by atoms with Crippen LogP contribution in [-0.4, -0.2) is 24.5 Å². The van der Waals surface area contributed by atoms with Gasteiger partial charge in [0.2, 0.25) is 0 Å². The Kier molecular flexibility index (Phi) is 18.9. The molecule has 0 amide bonds. The Hall–Kier alpha value is 2.65. The van der Waals surface area contributed by atoms with E-state index in [4.69, 9.17) is 0 Å². The second-order valence-corrected chi connectivity index (χ2v) is 3.54.